The van der Waals surface area contributed by atoms with E-state index in [0.29, 0.717) is 0 Å². The van der Waals surface area contributed by atoms with Crippen molar-refractivity contribution in [1.29, 1.82) is 0 Å². The Morgan fingerprint density at radius 1 is 1.25 bits per heavy atom. The first-order valence-corrected chi connectivity index (χ1v) is 7.91. The van der Waals surface area contributed by atoms with E-state index in [1.165, 1.54) is 0 Å². The molecule has 0 N–H and O–H groups in total. The third kappa shape index (κ3) is 5.83. The highest BCUT2D eigenvalue weighted by Crippen LogP contribution is 2.04. The molecular weight excluding hydrogens is 282 g/mol. The molecule has 6 nitrogen and oxygen atoms in total. The second-order valence-corrected chi connectivity index (χ2v) is 6.01. The van der Waals surface area contributed by atoms with Crippen molar-refractivity contribution in [2.75, 3.05) is 12.9 Å². The molecule has 0 amide bonds. The van der Waals surface area contributed by atoms with Crippen LogP contribution in [0.15, 0.2) is 35.5 Å². The van der Waals surface area contributed by atoms with Crippen molar-refractivity contribution in [3.05, 3.63) is 35.9 Å². The predicted molar refractivity (Wildman–Crippen MR) is 74.8 cm³/mol. The lowest BCUT2D eigenvalue weighted by Crippen LogP contribution is -2.19. The molecule has 7 heteroatoms. The van der Waals surface area contributed by atoms with E-state index in [4.69, 9.17) is 9.57 Å². The number of benzene rings is 1. The number of sulfone groups is 1. The van der Waals surface area contributed by atoms with Crippen LogP contribution in [0.25, 0.3) is 0 Å². The molecule has 0 aliphatic heterocycles. The van der Waals surface area contributed by atoms with Gasteiger partial charge in [-0.15, -0.1) is 0 Å². The maximum atomic E-state index is 11.5. The van der Waals surface area contributed by atoms with Crippen LogP contribution in [0.3, 0.4) is 0 Å². The molecule has 0 atom stereocenters. The molecule has 0 radical (unpaired) electrons. The lowest BCUT2D eigenvalue weighted by atomic mass is 10.2. The van der Waals surface area contributed by atoms with E-state index in [0.717, 1.165) is 11.8 Å². The summed E-state index contributed by atoms with van der Waals surface area (Å²) in [5.41, 5.74) is 0.847. The quantitative estimate of drug-likeness (QED) is 0.344. The number of rotatable bonds is 6. The Morgan fingerprint density at radius 3 is 2.45 bits per heavy atom. The highest BCUT2D eigenvalue weighted by Gasteiger charge is 2.19. The van der Waals surface area contributed by atoms with Crippen LogP contribution >= 0.6 is 0 Å². The van der Waals surface area contributed by atoms with Crippen LogP contribution in [0.1, 0.15) is 18.9 Å². The van der Waals surface area contributed by atoms with Crippen LogP contribution in [0, 0.1) is 0 Å². The molecule has 0 spiro atoms. The van der Waals surface area contributed by atoms with Gasteiger partial charge in [-0.2, -0.15) is 0 Å². The number of hydrogen-bond acceptors (Lipinski definition) is 6. The Kier molecular flexibility index (Phi) is 6.17. The zero-order valence-corrected chi connectivity index (χ0v) is 12.2. The molecule has 0 fully saturated rings. The van der Waals surface area contributed by atoms with Gasteiger partial charge in [-0.25, -0.2) is 8.42 Å². The van der Waals surface area contributed by atoms with Gasteiger partial charge in [0.15, 0.2) is 14.9 Å². The van der Waals surface area contributed by atoms with E-state index >= 15 is 0 Å². The molecule has 1 aromatic carbocycles. The molecule has 0 saturated carbocycles. The normalized spacial score (nSPS) is 12.0. The number of carbonyl (C=O) groups is 1. The van der Waals surface area contributed by atoms with Crippen LogP contribution in [-0.4, -0.2) is 32.3 Å². The van der Waals surface area contributed by atoms with Gasteiger partial charge in [0.05, 0.1) is 6.61 Å². The molecule has 0 saturated heterocycles. The Morgan fingerprint density at radius 2 is 1.90 bits per heavy atom. The smallest absolute Gasteiger partial charge is 0.312 e. The van der Waals surface area contributed by atoms with Crippen molar-refractivity contribution in [2.24, 2.45) is 5.16 Å². The molecule has 20 heavy (non-hydrogen) atoms. The average Bonchev–Trinajstić information content (AvgIpc) is 2.38. The van der Waals surface area contributed by atoms with Gasteiger partial charge in [-0.05, 0) is 12.5 Å². The van der Waals surface area contributed by atoms with Crippen molar-refractivity contribution < 1.29 is 22.8 Å². The number of ether oxygens (including phenoxy) is 1. The van der Waals surface area contributed by atoms with Crippen LogP contribution in [0.5, 0.6) is 0 Å². The lowest BCUT2D eigenvalue weighted by molar-refractivity contribution is -0.141. The second kappa shape index (κ2) is 7.64. The SMILES string of the molecule is CCOC(=O)C/C(=N/OCc1ccccc1)S(C)(=O)=O. The number of esters is 1. The van der Waals surface area contributed by atoms with Crippen molar-refractivity contribution in [1.82, 2.24) is 0 Å². The lowest BCUT2D eigenvalue weighted by Gasteiger charge is -2.05. The fourth-order valence-electron chi connectivity index (χ4n) is 1.32. The van der Waals surface area contributed by atoms with Crippen molar-refractivity contribution in [3.8, 4) is 0 Å². The minimum absolute atomic E-state index is 0.128. The fraction of sp³-hybridized carbons (Fsp3) is 0.385. The highest BCUT2D eigenvalue weighted by atomic mass is 32.2. The first kappa shape index (κ1) is 16.2. The predicted octanol–water partition coefficient (Wildman–Crippen LogP) is 1.51. The third-order valence-electron chi connectivity index (χ3n) is 2.27. The zero-order chi connectivity index (χ0) is 15.0. The highest BCUT2D eigenvalue weighted by molar-refractivity contribution is 8.05. The third-order valence-corrected chi connectivity index (χ3v) is 3.34. The molecule has 0 heterocycles. The summed E-state index contributed by atoms with van der Waals surface area (Å²) < 4.78 is 27.7. The maximum Gasteiger partial charge on any atom is 0.312 e. The molecular formula is C13H17NO5S. The molecule has 0 aromatic heterocycles. The summed E-state index contributed by atoms with van der Waals surface area (Å²) in [5, 5.41) is 3.20. The maximum absolute atomic E-state index is 11.5. The Hall–Kier alpha value is -1.89. The monoisotopic (exact) mass is 299 g/mol. The Bertz CT molecular complexity index is 566. The molecule has 0 aliphatic rings. The van der Waals surface area contributed by atoms with Gasteiger partial charge in [0.2, 0.25) is 0 Å². The van der Waals surface area contributed by atoms with E-state index in [1.54, 1.807) is 6.92 Å². The van der Waals surface area contributed by atoms with Crippen molar-refractivity contribution in [2.45, 2.75) is 20.0 Å². The minimum Gasteiger partial charge on any atom is -0.466 e. The van der Waals surface area contributed by atoms with E-state index < -0.39 is 22.2 Å². The number of nitrogens with zero attached hydrogens (tertiary/aromatic N) is 1. The van der Waals surface area contributed by atoms with Gasteiger partial charge >= 0.3 is 5.97 Å². The summed E-state index contributed by atoms with van der Waals surface area (Å²) in [6.07, 6.45) is 0.540. The van der Waals surface area contributed by atoms with Crippen molar-refractivity contribution in [3.63, 3.8) is 0 Å². The van der Waals surface area contributed by atoms with Crippen molar-refractivity contribution >= 4 is 20.9 Å². The van der Waals surface area contributed by atoms with E-state index in [-0.39, 0.29) is 18.3 Å². The number of oxime groups is 1. The first-order chi connectivity index (χ1) is 9.43. The summed E-state index contributed by atoms with van der Waals surface area (Å²) >= 11 is 0. The number of carbonyl (C=O) groups excluding carboxylic acids is 1. The Labute approximate surface area is 118 Å². The van der Waals surface area contributed by atoms with Gasteiger partial charge in [0.1, 0.15) is 13.0 Å². The summed E-state index contributed by atoms with van der Waals surface area (Å²) in [6, 6.07) is 9.16. The topological polar surface area (TPSA) is 82.0 Å². The molecule has 0 unspecified atom stereocenters. The molecule has 0 aliphatic carbocycles. The van der Waals surface area contributed by atoms with E-state index in [9.17, 15) is 13.2 Å². The summed E-state index contributed by atoms with van der Waals surface area (Å²) in [4.78, 5) is 16.3. The van der Waals surface area contributed by atoms with Gasteiger partial charge in [0, 0.05) is 6.26 Å². The molecule has 1 aromatic rings. The molecule has 1 rings (SSSR count). The van der Waals surface area contributed by atoms with E-state index in [2.05, 4.69) is 5.16 Å². The van der Waals surface area contributed by atoms with Gasteiger partial charge < -0.3 is 9.57 Å². The first-order valence-electron chi connectivity index (χ1n) is 6.02. The fourth-order valence-corrected chi connectivity index (χ4v) is 1.89. The second-order valence-electron chi connectivity index (χ2n) is 4.00. The van der Waals surface area contributed by atoms with Crippen LogP contribution in [-0.2, 0) is 30.8 Å². The zero-order valence-electron chi connectivity index (χ0n) is 11.4. The van der Waals surface area contributed by atoms with Crippen LogP contribution in [0.2, 0.25) is 0 Å². The Balaban J connectivity index is 2.69. The number of hydrogen-bond donors (Lipinski definition) is 0. The average molecular weight is 299 g/mol. The van der Waals surface area contributed by atoms with Gasteiger partial charge in [0.25, 0.3) is 0 Å². The largest absolute Gasteiger partial charge is 0.466 e. The summed E-state index contributed by atoms with van der Waals surface area (Å²) in [6.45, 7) is 1.95. The van der Waals surface area contributed by atoms with Crippen LogP contribution in [0.4, 0.5) is 0 Å². The molecule has 110 valence electrons. The molecule has 0 bridgehead atoms. The van der Waals surface area contributed by atoms with Gasteiger partial charge in [-0.1, -0.05) is 35.5 Å². The summed E-state index contributed by atoms with van der Waals surface area (Å²) in [5.74, 6) is -0.653. The van der Waals surface area contributed by atoms with Gasteiger partial charge in [-0.3, -0.25) is 4.79 Å². The summed E-state index contributed by atoms with van der Waals surface area (Å²) in [7, 11) is -3.61. The van der Waals surface area contributed by atoms with Crippen LogP contribution < -0.4 is 0 Å². The standard InChI is InChI=1S/C13H17NO5S/c1-3-18-13(15)9-12(20(2,16)17)14-19-10-11-7-5-4-6-8-11/h4-8H,3,9-10H2,1-2H3/b14-12-. The minimum atomic E-state index is -3.61. The van der Waals surface area contributed by atoms with E-state index in [1.807, 2.05) is 30.3 Å².